The van der Waals surface area contributed by atoms with Gasteiger partial charge in [-0.2, -0.15) is 5.26 Å². The van der Waals surface area contributed by atoms with Crippen LogP contribution in [0, 0.1) is 11.3 Å². The Hall–Kier alpha value is -1.87. The zero-order valence-electron chi connectivity index (χ0n) is 13.0. The lowest BCUT2D eigenvalue weighted by molar-refractivity contribution is 0.242. The standard InChI is InChI=1S/C15H23N5O/c1-15(2,3)20-11-7-17-13(14(20)21)18-12-4-8-19(9-5-12)10-6-16/h7,11-12H,4-5,8-10H2,1-3H3,(H,17,18). The van der Waals surface area contributed by atoms with Crippen molar-refractivity contribution in [2.75, 3.05) is 25.0 Å². The van der Waals surface area contributed by atoms with Crippen molar-refractivity contribution in [1.29, 1.82) is 5.26 Å². The zero-order chi connectivity index (χ0) is 15.5. The molecule has 6 nitrogen and oxygen atoms in total. The fourth-order valence-electron chi connectivity index (χ4n) is 2.57. The summed E-state index contributed by atoms with van der Waals surface area (Å²) in [7, 11) is 0. The van der Waals surface area contributed by atoms with Crippen LogP contribution in [0.25, 0.3) is 0 Å². The molecule has 0 spiro atoms. The minimum absolute atomic E-state index is 0.0792. The first-order valence-corrected chi connectivity index (χ1v) is 7.36. The average molecular weight is 289 g/mol. The van der Waals surface area contributed by atoms with Crippen molar-refractivity contribution < 1.29 is 0 Å². The van der Waals surface area contributed by atoms with E-state index < -0.39 is 0 Å². The van der Waals surface area contributed by atoms with E-state index in [1.54, 1.807) is 17.0 Å². The van der Waals surface area contributed by atoms with Crippen molar-refractivity contribution in [3.05, 3.63) is 22.7 Å². The fourth-order valence-corrected chi connectivity index (χ4v) is 2.57. The van der Waals surface area contributed by atoms with Crippen LogP contribution < -0.4 is 10.9 Å². The number of hydrogen-bond donors (Lipinski definition) is 1. The molecule has 1 saturated heterocycles. The minimum Gasteiger partial charge on any atom is -0.363 e. The molecule has 1 aromatic rings. The van der Waals surface area contributed by atoms with E-state index in [1.165, 1.54) is 0 Å². The van der Waals surface area contributed by atoms with Crippen LogP contribution in [-0.2, 0) is 5.54 Å². The summed E-state index contributed by atoms with van der Waals surface area (Å²) < 4.78 is 1.70. The van der Waals surface area contributed by atoms with Crippen molar-refractivity contribution in [2.45, 2.75) is 45.2 Å². The first-order chi connectivity index (χ1) is 9.91. The van der Waals surface area contributed by atoms with Gasteiger partial charge in [-0.1, -0.05) is 0 Å². The van der Waals surface area contributed by atoms with Gasteiger partial charge in [0.2, 0.25) is 0 Å². The van der Waals surface area contributed by atoms with Gasteiger partial charge in [0.15, 0.2) is 5.82 Å². The second kappa shape index (κ2) is 6.27. The molecule has 0 amide bonds. The van der Waals surface area contributed by atoms with Gasteiger partial charge in [-0.15, -0.1) is 0 Å². The quantitative estimate of drug-likeness (QED) is 0.851. The molecular weight excluding hydrogens is 266 g/mol. The van der Waals surface area contributed by atoms with Crippen molar-refractivity contribution >= 4 is 5.82 Å². The number of likely N-dealkylation sites (tertiary alicyclic amines) is 1. The van der Waals surface area contributed by atoms with Crippen LogP contribution in [0.1, 0.15) is 33.6 Å². The number of nitrogens with zero attached hydrogens (tertiary/aromatic N) is 4. The molecule has 114 valence electrons. The van der Waals surface area contributed by atoms with Crippen LogP contribution in [0.4, 0.5) is 5.82 Å². The molecule has 1 N–H and O–H groups in total. The van der Waals surface area contributed by atoms with Gasteiger partial charge >= 0.3 is 0 Å². The van der Waals surface area contributed by atoms with Crippen molar-refractivity contribution in [3.63, 3.8) is 0 Å². The van der Waals surface area contributed by atoms with E-state index in [2.05, 4.69) is 21.3 Å². The topological polar surface area (TPSA) is 74.0 Å². The number of anilines is 1. The van der Waals surface area contributed by atoms with E-state index in [0.29, 0.717) is 12.4 Å². The van der Waals surface area contributed by atoms with Gasteiger partial charge in [-0.25, -0.2) is 4.98 Å². The van der Waals surface area contributed by atoms with E-state index in [4.69, 9.17) is 5.26 Å². The number of nitrogens with one attached hydrogen (secondary N) is 1. The van der Waals surface area contributed by atoms with Gasteiger partial charge in [-0.05, 0) is 33.6 Å². The molecule has 1 fully saturated rings. The first kappa shape index (κ1) is 15.5. The lowest BCUT2D eigenvalue weighted by Crippen LogP contribution is -2.41. The minimum atomic E-state index is -0.257. The average Bonchev–Trinajstić information content (AvgIpc) is 2.42. The number of aromatic nitrogens is 2. The van der Waals surface area contributed by atoms with Gasteiger partial charge in [0, 0.05) is 37.1 Å². The van der Waals surface area contributed by atoms with Crippen molar-refractivity contribution in [3.8, 4) is 6.07 Å². The lowest BCUT2D eigenvalue weighted by atomic mass is 10.1. The normalized spacial score (nSPS) is 17.4. The fraction of sp³-hybridized carbons (Fsp3) is 0.667. The highest BCUT2D eigenvalue weighted by molar-refractivity contribution is 5.32. The van der Waals surface area contributed by atoms with E-state index in [0.717, 1.165) is 25.9 Å². The van der Waals surface area contributed by atoms with E-state index in [9.17, 15) is 4.79 Å². The van der Waals surface area contributed by atoms with Crippen LogP contribution in [0.15, 0.2) is 17.2 Å². The number of piperidine rings is 1. The molecule has 0 radical (unpaired) electrons. The van der Waals surface area contributed by atoms with Crippen LogP contribution in [0.5, 0.6) is 0 Å². The van der Waals surface area contributed by atoms with Crippen molar-refractivity contribution in [1.82, 2.24) is 14.5 Å². The van der Waals surface area contributed by atoms with Crippen LogP contribution in [0.2, 0.25) is 0 Å². The third-order valence-electron chi connectivity index (χ3n) is 3.79. The summed E-state index contributed by atoms with van der Waals surface area (Å²) in [6.07, 6.45) is 5.24. The van der Waals surface area contributed by atoms with Gasteiger partial charge in [-0.3, -0.25) is 9.69 Å². The Balaban J connectivity index is 2.05. The highest BCUT2D eigenvalue weighted by atomic mass is 16.1. The summed E-state index contributed by atoms with van der Waals surface area (Å²) in [5.41, 5.74) is -0.337. The molecule has 1 aliphatic heterocycles. The molecule has 0 bridgehead atoms. The number of nitriles is 1. The van der Waals surface area contributed by atoms with Gasteiger partial charge < -0.3 is 9.88 Å². The maximum absolute atomic E-state index is 12.4. The number of hydrogen-bond acceptors (Lipinski definition) is 5. The van der Waals surface area contributed by atoms with Gasteiger partial charge in [0.05, 0.1) is 12.6 Å². The molecule has 0 unspecified atom stereocenters. The van der Waals surface area contributed by atoms with Crippen LogP contribution in [0.3, 0.4) is 0 Å². The SMILES string of the molecule is CC(C)(C)n1ccnc(NC2CCN(CC#N)CC2)c1=O. The maximum Gasteiger partial charge on any atom is 0.293 e. The largest absolute Gasteiger partial charge is 0.363 e. The Morgan fingerprint density at radius 1 is 1.43 bits per heavy atom. The molecule has 0 saturated carbocycles. The Morgan fingerprint density at radius 3 is 2.67 bits per heavy atom. The molecule has 0 aromatic carbocycles. The molecular formula is C15H23N5O. The second-order valence-electron chi connectivity index (χ2n) is 6.47. The molecule has 2 heterocycles. The van der Waals surface area contributed by atoms with Crippen LogP contribution in [-0.4, -0.2) is 40.1 Å². The van der Waals surface area contributed by atoms with E-state index in [-0.39, 0.29) is 17.1 Å². The Kier molecular flexibility index (Phi) is 4.63. The Morgan fingerprint density at radius 2 is 2.10 bits per heavy atom. The molecule has 2 rings (SSSR count). The Bertz CT molecular complexity index is 573. The number of rotatable bonds is 3. The second-order valence-corrected chi connectivity index (χ2v) is 6.47. The summed E-state index contributed by atoms with van der Waals surface area (Å²) in [5, 5.41) is 12.0. The third kappa shape index (κ3) is 3.82. The zero-order valence-corrected chi connectivity index (χ0v) is 13.0. The first-order valence-electron chi connectivity index (χ1n) is 7.36. The molecule has 1 aliphatic rings. The lowest BCUT2D eigenvalue weighted by Gasteiger charge is -2.31. The van der Waals surface area contributed by atoms with Gasteiger partial charge in [0.25, 0.3) is 5.56 Å². The summed E-state index contributed by atoms with van der Waals surface area (Å²) in [6, 6.07) is 2.42. The third-order valence-corrected chi connectivity index (χ3v) is 3.79. The smallest absolute Gasteiger partial charge is 0.293 e. The maximum atomic E-state index is 12.4. The van der Waals surface area contributed by atoms with Gasteiger partial charge in [0.1, 0.15) is 0 Å². The summed E-state index contributed by atoms with van der Waals surface area (Å²) in [5.74, 6) is 0.422. The molecule has 21 heavy (non-hydrogen) atoms. The molecule has 1 aromatic heterocycles. The Labute approximate surface area is 125 Å². The predicted molar refractivity (Wildman–Crippen MR) is 82.2 cm³/mol. The van der Waals surface area contributed by atoms with Crippen LogP contribution >= 0.6 is 0 Å². The van der Waals surface area contributed by atoms with Crippen molar-refractivity contribution in [2.24, 2.45) is 0 Å². The summed E-state index contributed by atoms with van der Waals surface area (Å²) >= 11 is 0. The summed E-state index contributed by atoms with van der Waals surface area (Å²) in [4.78, 5) is 18.8. The van der Waals surface area contributed by atoms with E-state index >= 15 is 0 Å². The highest BCUT2D eigenvalue weighted by Crippen LogP contribution is 2.15. The predicted octanol–water partition coefficient (Wildman–Crippen LogP) is 1.40. The van der Waals surface area contributed by atoms with E-state index in [1.807, 2.05) is 20.8 Å². The monoisotopic (exact) mass is 289 g/mol. The summed E-state index contributed by atoms with van der Waals surface area (Å²) in [6.45, 7) is 8.24. The molecule has 0 atom stereocenters. The molecule has 0 aliphatic carbocycles. The highest BCUT2D eigenvalue weighted by Gasteiger charge is 2.21. The molecule has 6 heteroatoms.